The van der Waals surface area contributed by atoms with Crippen LogP contribution in [-0.2, 0) is 12.8 Å². The molecule has 0 atom stereocenters. The first kappa shape index (κ1) is 9.71. The summed E-state index contributed by atoms with van der Waals surface area (Å²) in [7, 11) is 0. The highest BCUT2D eigenvalue weighted by Crippen LogP contribution is 2.14. The smallest absolute Gasteiger partial charge is 0.194 e. The Morgan fingerprint density at radius 3 is 2.93 bits per heavy atom. The van der Waals surface area contributed by atoms with Gasteiger partial charge in [0.15, 0.2) is 5.89 Å². The number of oxazole rings is 1. The fraction of sp³-hybridized carbons (Fsp3) is 0.727. The highest BCUT2D eigenvalue weighted by atomic mass is 16.3. The van der Waals surface area contributed by atoms with Gasteiger partial charge in [-0.1, -0.05) is 13.8 Å². The zero-order valence-electron chi connectivity index (χ0n) is 8.92. The first-order valence-electron chi connectivity index (χ1n) is 5.38. The van der Waals surface area contributed by atoms with E-state index in [0.29, 0.717) is 5.92 Å². The van der Waals surface area contributed by atoms with Crippen molar-refractivity contribution in [3.05, 3.63) is 17.8 Å². The number of aromatic nitrogens is 1. The largest absolute Gasteiger partial charge is 0.449 e. The molecule has 3 nitrogen and oxygen atoms in total. The van der Waals surface area contributed by atoms with Crippen molar-refractivity contribution >= 4 is 0 Å². The molecule has 2 heterocycles. The summed E-state index contributed by atoms with van der Waals surface area (Å²) in [4.78, 5) is 4.48. The van der Waals surface area contributed by atoms with Crippen LogP contribution < -0.4 is 5.32 Å². The monoisotopic (exact) mass is 194 g/mol. The van der Waals surface area contributed by atoms with Gasteiger partial charge in [0.2, 0.25) is 0 Å². The summed E-state index contributed by atoms with van der Waals surface area (Å²) in [5, 5.41) is 3.26. The summed E-state index contributed by atoms with van der Waals surface area (Å²) < 4.78 is 5.41. The van der Waals surface area contributed by atoms with Crippen molar-refractivity contribution in [3.8, 4) is 0 Å². The quantitative estimate of drug-likeness (QED) is 0.791. The van der Waals surface area contributed by atoms with Crippen LogP contribution in [0.4, 0.5) is 0 Å². The van der Waals surface area contributed by atoms with E-state index in [1.165, 1.54) is 0 Å². The fourth-order valence-corrected chi connectivity index (χ4v) is 1.67. The Bertz CT molecular complexity index is 289. The van der Waals surface area contributed by atoms with Crippen LogP contribution >= 0.6 is 0 Å². The molecule has 0 bridgehead atoms. The van der Waals surface area contributed by atoms with Crippen molar-refractivity contribution in [2.24, 2.45) is 11.8 Å². The van der Waals surface area contributed by atoms with Crippen LogP contribution in [0.5, 0.6) is 0 Å². The van der Waals surface area contributed by atoms with Crippen molar-refractivity contribution in [2.45, 2.75) is 26.7 Å². The molecule has 0 amide bonds. The molecular weight excluding hydrogens is 176 g/mol. The van der Waals surface area contributed by atoms with Crippen molar-refractivity contribution in [1.82, 2.24) is 10.3 Å². The number of rotatable bonds is 4. The zero-order chi connectivity index (χ0) is 9.97. The Morgan fingerprint density at radius 2 is 2.36 bits per heavy atom. The van der Waals surface area contributed by atoms with Crippen LogP contribution in [0.3, 0.4) is 0 Å². The molecule has 0 aromatic carbocycles. The molecular formula is C11H18N2O. The summed E-state index contributed by atoms with van der Waals surface area (Å²) in [5.41, 5.74) is 1.12. The van der Waals surface area contributed by atoms with E-state index in [1.807, 2.05) is 6.26 Å². The normalized spacial score (nSPS) is 17.4. The van der Waals surface area contributed by atoms with Gasteiger partial charge < -0.3 is 9.73 Å². The van der Waals surface area contributed by atoms with E-state index >= 15 is 0 Å². The Labute approximate surface area is 84.9 Å². The van der Waals surface area contributed by atoms with E-state index in [-0.39, 0.29) is 0 Å². The Morgan fingerprint density at radius 1 is 1.57 bits per heavy atom. The average Bonchev–Trinajstić information content (AvgIpc) is 2.44. The Hall–Kier alpha value is -0.830. The maximum absolute atomic E-state index is 5.41. The molecule has 3 heteroatoms. The zero-order valence-corrected chi connectivity index (χ0v) is 8.92. The van der Waals surface area contributed by atoms with E-state index in [2.05, 4.69) is 24.1 Å². The maximum Gasteiger partial charge on any atom is 0.194 e. The minimum Gasteiger partial charge on any atom is -0.449 e. The van der Waals surface area contributed by atoms with Crippen LogP contribution in [0.1, 0.15) is 25.4 Å². The lowest BCUT2D eigenvalue weighted by Gasteiger charge is -2.25. The van der Waals surface area contributed by atoms with Crippen molar-refractivity contribution < 1.29 is 4.42 Å². The summed E-state index contributed by atoms with van der Waals surface area (Å²) in [6, 6.07) is 0. The molecule has 1 N–H and O–H groups in total. The molecule has 0 spiro atoms. The molecule has 78 valence electrons. The second-order valence-corrected chi connectivity index (χ2v) is 4.56. The summed E-state index contributed by atoms with van der Waals surface area (Å²) in [5.74, 6) is 2.28. The fourth-order valence-electron chi connectivity index (χ4n) is 1.67. The minimum absolute atomic E-state index is 0.617. The molecule has 14 heavy (non-hydrogen) atoms. The van der Waals surface area contributed by atoms with Gasteiger partial charge in [0.05, 0.1) is 5.69 Å². The molecule has 1 aromatic heterocycles. The summed E-state index contributed by atoms with van der Waals surface area (Å²) in [6.45, 7) is 6.62. The van der Waals surface area contributed by atoms with Gasteiger partial charge in [-0.3, -0.25) is 0 Å². The predicted molar refractivity (Wildman–Crippen MR) is 55.1 cm³/mol. The first-order chi connectivity index (χ1) is 6.74. The molecule has 1 aliphatic heterocycles. The van der Waals surface area contributed by atoms with Gasteiger partial charge in [-0.15, -0.1) is 0 Å². The lowest BCUT2D eigenvalue weighted by Crippen LogP contribution is -2.43. The molecule has 1 aromatic rings. The summed E-state index contributed by atoms with van der Waals surface area (Å²) >= 11 is 0. The number of hydrogen-bond acceptors (Lipinski definition) is 3. The minimum atomic E-state index is 0.617. The first-order valence-corrected chi connectivity index (χ1v) is 5.38. The lowest BCUT2D eigenvalue weighted by molar-refractivity contribution is 0.344. The van der Waals surface area contributed by atoms with Crippen LogP contribution in [-0.4, -0.2) is 18.1 Å². The van der Waals surface area contributed by atoms with E-state index in [1.54, 1.807) is 0 Å². The van der Waals surface area contributed by atoms with Gasteiger partial charge in [0.1, 0.15) is 6.26 Å². The van der Waals surface area contributed by atoms with Crippen molar-refractivity contribution in [3.63, 3.8) is 0 Å². The second kappa shape index (κ2) is 4.13. The summed E-state index contributed by atoms with van der Waals surface area (Å²) in [6.07, 6.45) is 3.83. The van der Waals surface area contributed by atoms with Crippen LogP contribution in [0.15, 0.2) is 10.7 Å². The van der Waals surface area contributed by atoms with Crippen LogP contribution in [0, 0.1) is 11.8 Å². The number of hydrogen-bond donors (Lipinski definition) is 1. The Balaban J connectivity index is 1.88. The molecule has 0 saturated carbocycles. The molecule has 0 radical (unpaired) electrons. The second-order valence-electron chi connectivity index (χ2n) is 4.56. The van der Waals surface area contributed by atoms with Crippen molar-refractivity contribution in [2.75, 3.05) is 13.1 Å². The topological polar surface area (TPSA) is 38.1 Å². The third-order valence-electron chi connectivity index (χ3n) is 2.55. The number of nitrogens with one attached hydrogen (secondary N) is 1. The van der Waals surface area contributed by atoms with Crippen LogP contribution in [0.25, 0.3) is 0 Å². The highest BCUT2D eigenvalue weighted by Gasteiger charge is 2.18. The predicted octanol–water partition coefficient (Wildman–Crippen LogP) is 1.64. The van der Waals surface area contributed by atoms with Crippen LogP contribution in [0.2, 0.25) is 0 Å². The average molecular weight is 194 g/mol. The molecule has 1 fully saturated rings. The third kappa shape index (κ3) is 2.35. The highest BCUT2D eigenvalue weighted by molar-refractivity contribution is 5.00. The molecule has 1 saturated heterocycles. The van der Waals surface area contributed by atoms with Gasteiger partial charge in [-0.25, -0.2) is 4.98 Å². The third-order valence-corrected chi connectivity index (χ3v) is 2.55. The Kier molecular flexibility index (Phi) is 2.87. The van der Waals surface area contributed by atoms with Crippen molar-refractivity contribution in [1.29, 1.82) is 0 Å². The molecule has 1 aliphatic rings. The molecule has 0 unspecified atom stereocenters. The van der Waals surface area contributed by atoms with Gasteiger partial charge >= 0.3 is 0 Å². The molecule has 2 rings (SSSR count). The van der Waals surface area contributed by atoms with E-state index in [0.717, 1.165) is 43.4 Å². The SMILES string of the molecule is CC(C)Cc1nc(CC2CNC2)co1. The lowest BCUT2D eigenvalue weighted by atomic mass is 9.98. The van der Waals surface area contributed by atoms with E-state index in [4.69, 9.17) is 4.42 Å². The number of nitrogens with zero attached hydrogens (tertiary/aromatic N) is 1. The molecule has 0 aliphatic carbocycles. The van der Waals surface area contributed by atoms with Gasteiger partial charge in [-0.2, -0.15) is 0 Å². The van der Waals surface area contributed by atoms with E-state index in [9.17, 15) is 0 Å². The van der Waals surface area contributed by atoms with Gasteiger partial charge in [0.25, 0.3) is 0 Å². The van der Waals surface area contributed by atoms with Gasteiger partial charge in [0, 0.05) is 6.42 Å². The standard InChI is InChI=1S/C11H18N2O/c1-8(2)3-11-13-10(7-14-11)4-9-5-12-6-9/h7-9,12H,3-6H2,1-2H3. The maximum atomic E-state index is 5.41. The van der Waals surface area contributed by atoms with Gasteiger partial charge in [-0.05, 0) is 31.3 Å². The van der Waals surface area contributed by atoms with E-state index < -0.39 is 0 Å².